The highest BCUT2D eigenvalue weighted by atomic mass is 32.1. The molecule has 26 heavy (non-hydrogen) atoms. The molecule has 1 aromatic heterocycles. The van der Waals surface area contributed by atoms with Crippen molar-refractivity contribution in [3.8, 4) is 16.2 Å². The lowest BCUT2D eigenvalue weighted by molar-refractivity contribution is -0.115. The summed E-state index contributed by atoms with van der Waals surface area (Å²) in [7, 11) is 0. The van der Waals surface area contributed by atoms with Crippen LogP contribution in [0.5, 0.6) is 5.75 Å². The van der Waals surface area contributed by atoms with E-state index in [0.29, 0.717) is 5.57 Å². The third kappa shape index (κ3) is 4.04. The molecule has 138 valence electrons. The van der Waals surface area contributed by atoms with Gasteiger partial charge >= 0.3 is 6.61 Å². The Morgan fingerprint density at radius 3 is 2.65 bits per heavy atom. The van der Waals surface area contributed by atoms with Gasteiger partial charge in [0.1, 0.15) is 5.75 Å². The van der Waals surface area contributed by atoms with Gasteiger partial charge < -0.3 is 15.4 Å². The SMILES string of the molecule is C/C=C(\C(N)=O)C1CCN(c2ccc(-c3ccc(OC(F)F)cc3)s2)C1. The molecule has 1 amide bonds. The number of allylic oxidation sites excluding steroid dienone is 1. The Kier molecular flexibility index (Phi) is 5.56. The molecule has 1 fully saturated rings. The quantitative estimate of drug-likeness (QED) is 0.764. The first-order valence-corrected chi connectivity index (χ1v) is 9.15. The van der Waals surface area contributed by atoms with E-state index in [0.717, 1.165) is 35.0 Å². The molecule has 1 unspecified atom stereocenters. The van der Waals surface area contributed by atoms with Crippen molar-refractivity contribution >= 4 is 22.2 Å². The Hall–Kier alpha value is -2.41. The van der Waals surface area contributed by atoms with E-state index < -0.39 is 6.61 Å². The van der Waals surface area contributed by atoms with Crippen molar-refractivity contribution in [3.63, 3.8) is 0 Å². The molecule has 1 aliphatic rings. The zero-order valence-electron chi connectivity index (χ0n) is 14.3. The first kappa shape index (κ1) is 18.4. The lowest BCUT2D eigenvalue weighted by atomic mass is 9.97. The molecule has 4 nitrogen and oxygen atoms in total. The molecule has 0 aliphatic carbocycles. The fourth-order valence-corrected chi connectivity index (χ4v) is 4.29. The number of ether oxygens (including phenoxy) is 1. The van der Waals surface area contributed by atoms with E-state index in [9.17, 15) is 13.6 Å². The number of amides is 1. The number of thiophene rings is 1. The molecule has 0 saturated carbocycles. The van der Waals surface area contributed by atoms with E-state index in [2.05, 4.69) is 9.64 Å². The Balaban J connectivity index is 1.70. The van der Waals surface area contributed by atoms with Gasteiger partial charge in [0.05, 0.1) is 5.00 Å². The smallest absolute Gasteiger partial charge is 0.387 e. The second-order valence-electron chi connectivity index (χ2n) is 6.08. The van der Waals surface area contributed by atoms with Crippen LogP contribution in [0.25, 0.3) is 10.4 Å². The van der Waals surface area contributed by atoms with Crippen LogP contribution < -0.4 is 15.4 Å². The monoisotopic (exact) mass is 378 g/mol. The van der Waals surface area contributed by atoms with Gasteiger partial charge in [0.15, 0.2) is 0 Å². The second-order valence-corrected chi connectivity index (χ2v) is 7.14. The highest BCUT2D eigenvalue weighted by Gasteiger charge is 2.28. The average molecular weight is 378 g/mol. The van der Waals surface area contributed by atoms with Crippen LogP contribution >= 0.6 is 11.3 Å². The lowest BCUT2D eigenvalue weighted by Gasteiger charge is -2.16. The number of primary amides is 1. The number of carbonyl (C=O) groups excluding carboxylic acids is 1. The van der Waals surface area contributed by atoms with Gasteiger partial charge in [-0.1, -0.05) is 6.08 Å². The summed E-state index contributed by atoms with van der Waals surface area (Å²) in [6, 6.07) is 10.7. The van der Waals surface area contributed by atoms with Crippen LogP contribution in [0.2, 0.25) is 0 Å². The Labute approximate surface area is 154 Å². The van der Waals surface area contributed by atoms with Crippen LogP contribution in [-0.4, -0.2) is 25.6 Å². The predicted octanol–water partition coefficient (Wildman–Crippen LogP) is 4.27. The van der Waals surface area contributed by atoms with Crippen LogP contribution in [-0.2, 0) is 4.79 Å². The zero-order valence-corrected chi connectivity index (χ0v) is 15.1. The number of hydrogen-bond acceptors (Lipinski definition) is 4. The summed E-state index contributed by atoms with van der Waals surface area (Å²) >= 11 is 1.63. The molecule has 2 heterocycles. The number of carbonyl (C=O) groups is 1. The van der Waals surface area contributed by atoms with Crippen molar-refractivity contribution < 1.29 is 18.3 Å². The minimum absolute atomic E-state index is 0.147. The van der Waals surface area contributed by atoms with Crippen molar-refractivity contribution in [2.75, 3.05) is 18.0 Å². The van der Waals surface area contributed by atoms with Gasteiger partial charge in [-0.25, -0.2) is 0 Å². The number of anilines is 1. The molecular formula is C19H20F2N2O2S. The summed E-state index contributed by atoms with van der Waals surface area (Å²) in [4.78, 5) is 14.8. The number of benzene rings is 1. The van der Waals surface area contributed by atoms with Crippen LogP contribution in [0.15, 0.2) is 48.0 Å². The van der Waals surface area contributed by atoms with Gasteiger partial charge in [-0.3, -0.25) is 4.79 Å². The van der Waals surface area contributed by atoms with E-state index in [-0.39, 0.29) is 17.6 Å². The summed E-state index contributed by atoms with van der Waals surface area (Å²) in [5.41, 5.74) is 7.10. The maximum absolute atomic E-state index is 12.2. The molecule has 1 atom stereocenters. The largest absolute Gasteiger partial charge is 0.435 e. The molecule has 0 bridgehead atoms. The van der Waals surface area contributed by atoms with Crippen molar-refractivity contribution in [2.45, 2.75) is 20.0 Å². The highest BCUT2D eigenvalue weighted by Crippen LogP contribution is 2.37. The Bertz CT molecular complexity index is 802. The molecule has 2 N–H and O–H groups in total. The lowest BCUT2D eigenvalue weighted by Crippen LogP contribution is -2.24. The van der Waals surface area contributed by atoms with Crippen molar-refractivity contribution in [3.05, 3.63) is 48.0 Å². The minimum Gasteiger partial charge on any atom is -0.435 e. The number of rotatable bonds is 6. The number of alkyl halides is 2. The van der Waals surface area contributed by atoms with Crippen molar-refractivity contribution in [1.82, 2.24) is 0 Å². The molecule has 1 aromatic carbocycles. The fourth-order valence-electron chi connectivity index (χ4n) is 3.25. The summed E-state index contributed by atoms with van der Waals surface area (Å²) < 4.78 is 28.8. The van der Waals surface area contributed by atoms with Crippen LogP contribution in [0.4, 0.5) is 13.8 Å². The van der Waals surface area contributed by atoms with E-state index in [4.69, 9.17) is 5.73 Å². The second kappa shape index (κ2) is 7.86. The molecule has 7 heteroatoms. The molecule has 0 radical (unpaired) electrons. The molecule has 3 rings (SSSR count). The predicted molar refractivity (Wildman–Crippen MR) is 99.7 cm³/mol. The van der Waals surface area contributed by atoms with E-state index in [1.54, 1.807) is 29.5 Å². The Morgan fingerprint density at radius 2 is 2.04 bits per heavy atom. The van der Waals surface area contributed by atoms with Gasteiger partial charge in [-0.2, -0.15) is 8.78 Å². The maximum Gasteiger partial charge on any atom is 0.387 e. The third-order valence-electron chi connectivity index (χ3n) is 4.49. The van der Waals surface area contributed by atoms with E-state index >= 15 is 0 Å². The van der Waals surface area contributed by atoms with Crippen molar-refractivity contribution in [2.24, 2.45) is 11.7 Å². The standard InChI is InChI=1S/C19H20F2N2O2S/c1-2-15(18(22)24)13-9-10-23(11-13)17-8-7-16(26-17)12-3-5-14(6-4-12)25-19(20)21/h2-8,13,19H,9-11H2,1H3,(H2,22,24)/b15-2-. The van der Waals surface area contributed by atoms with E-state index in [1.807, 2.05) is 19.1 Å². The summed E-state index contributed by atoms with van der Waals surface area (Å²) in [5, 5.41) is 1.12. The van der Waals surface area contributed by atoms with Crippen LogP contribution in [0.3, 0.4) is 0 Å². The van der Waals surface area contributed by atoms with Crippen LogP contribution in [0, 0.1) is 5.92 Å². The number of nitrogens with zero attached hydrogens (tertiary/aromatic N) is 1. The molecule has 0 spiro atoms. The molecule has 2 aromatic rings. The zero-order chi connectivity index (χ0) is 18.7. The first-order valence-electron chi connectivity index (χ1n) is 8.34. The summed E-state index contributed by atoms with van der Waals surface area (Å²) in [6.07, 6.45) is 2.70. The van der Waals surface area contributed by atoms with Gasteiger partial charge in [0.25, 0.3) is 0 Å². The molecular weight excluding hydrogens is 358 g/mol. The Morgan fingerprint density at radius 1 is 1.31 bits per heavy atom. The maximum atomic E-state index is 12.2. The minimum atomic E-state index is -2.82. The summed E-state index contributed by atoms with van der Waals surface area (Å²) in [5.74, 6) is -0.0422. The number of nitrogens with two attached hydrogens (primary N) is 1. The normalized spacial score (nSPS) is 17.8. The third-order valence-corrected chi connectivity index (χ3v) is 5.69. The fraction of sp³-hybridized carbons (Fsp3) is 0.316. The van der Waals surface area contributed by atoms with E-state index in [1.165, 1.54) is 12.1 Å². The topological polar surface area (TPSA) is 55.6 Å². The van der Waals surface area contributed by atoms with Crippen LogP contribution in [0.1, 0.15) is 13.3 Å². The van der Waals surface area contributed by atoms with Gasteiger partial charge in [0.2, 0.25) is 5.91 Å². The number of halogens is 2. The highest BCUT2D eigenvalue weighted by molar-refractivity contribution is 7.19. The van der Waals surface area contributed by atoms with Gasteiger partial charge in [-0.15, -0.1) is 11.3 Å². The summed E-state index contributed by atoms with van der Waals surface area (Å²) in [6.45, 7) is 0.660. The van der Waals surface area contributed by atoms with Gasteiger partial charge in [-0.05, 0) is 55.3 Å². The molecule has 1 saturated heterocycles. The van der Waals surface area contributed by atoms with Gasteiger partial charge in [0, 0.05) is 29.5 Å². The molecule has 1 aliphatic heterocycles. The average Bonchev–Trinajstić information content (AvgIpc) is 3.24. The first-order chi connectivity index (χ1) is 12.5. The van der Waals surface area contributed by atoms with Crippen molar-refractivity contribution in [1.29, 1.82) is 0 Å². The number of hydrogen-bond donors (Lipinski definition) is 1.